The van der Waals surface area contributed by atoms with Gasteiger partial charge in [0.25, 0.3) is 5.91 Å². The Labute approximate surface area is 145 Å². The van der Waals surface area contributed by atoms with E-state index in [0.717, 1.165) is 43.7 Å². The van der Waals surface area contributed by atoms with Crippen LogP contribution in [0.25, 0.3) is 0 Å². The molecule has 0 saturated heterocycles. The van der Waals surface area contributed by atoms with Crippen molar-refractivity contribution in [2.45, 2.75) is 32.9 Å². The Morgan fingerprint density at radius 1 is 1.46 bits per heavy atom. The Morgan fingerprint density at radius 2 is 2.33 bits per heavy atom. The Balaban J connectivity index is 1.64. The van der Waals surface area contributed by atoms with Crippen molar-refractivity contribution in [3.8, 4) is 0 Å². The van der Waals surface area contributed by atoms with E-state index in [1.54, 1.807) is 11.3 Å². The van der Waals surface area contributed by atoms with Gasteiger partial charge in [-0.05, 0) is 30.0 Å². The van der Waals surface area contributed by atoms with Gasteiger partial charge in [0.2, 0.25) is 0 Å². The largest absolute Gasteiger partial charge is 0.349 e. The summed E-state index contributed by atoms with van der Waals surface area (Å²) < 4.78 is 12.2. The Hall–Kier alpha value is -1.79. The first-order valence-corrected chi connectivity index (χ1v) is 9.18. The molecular weight excluding hydrogens is 325 g/mol. The van der Waals surface area contributed by atoms with Gasteiger partial charge in [-0.2, -0.15) is 0 Å². The lowest BCUT2D eigenvalue weighted by molar-refractivity contribution is 0.0949. The molecule has 0 unspecified atom stereocenters. The molecule has 1 aliphatic heterocycles. The summed E-state index contributed by atoms with van der Waals surface area (Å²) in [4.78, 5) is 20.2. The molecule has 24 heavy (non-hydrogen) atoms. The lowest BCUT2D eigenvalue weighted by Gasteiger charge is -2.26. The third-order valence-electron chi connectivity index (χ3n) is 4.33. The number of aryl methyl sites for hydroxylation is 1. The van der Waals surface area contributed by atoms with Crippen molar-refractivity contribution >= 4 is 17.2 Å². The van der Waals surface area contributed by atoms with Gasteiger partial charge in [-0.3, -0.25) is 14.7 Å². The second kappa shape index (κ2) is 7.85. The number of rotatable bonds is 6. The van der Waals surface area contributed by atoms with E-state index in [2.05, 4.69) is 34.3 Å². The summed E-state index contributed by atoms with van der Waals surface area (Å²) in [6.07, 6.45) is 3.80. The van der Waals surface area contributed by atoms with Crippen LogP contribution in [-0.4, -0.2) is 35.6 Å². The lowest BCUT2D eigenvalue weighted by Crippen LogP contribution is -2.31. The van der Waals surface area contributed by atoms with Gasteiger partial charge in [-0.25, -0.2) is 4.39 Å². The molecule has 1 N–H and O–H groups in total. The molecule has 3 rings (SSSR count). The van der Waals surface area contributed by atoms with E-state index < -0.39 is 6.67 Å². The van der Waals surface area contributed by atoms with E-state index in [1.165, 1.54) is 10.4 Å². The quantitative estimate of drug-likeness (QED) is 0.874. The van der Waals surface area contributed by atoms with Gasteiger partial charge in [0, 0.05) is 42.6 Å². The molecule has 6 heteroatoms. The molecule has 0 aliphatic carbocycles. The van der Waals surface area contributed by atoms with Crippen molar-refractivity contribution in [1.29, 1.82) is 0 Å². The number of halogens is 1. The normalized spacial score (nSPS) is 14.4. The molecule has 2 aromatic rings. The van der Waals surface area contributed by atoms with Gasteiger partial charge in [0.05, 0.1) is 11.3 Å². The third-order valence-corrected chi connectivity index (χ3v) is 5.34. The highest BCUT2D eigenvalue weighted by molar-refractivity contribution is 7.10. The first kappa shape index (κ1) is 17.0. The van der Waals surface area contributed by atoms with Gasteiger partial charge in [0.15, 0.2) is 0 Å². The molecular formula is C18H22FN3OS. The van der Waals surface area contributed by atoms with E-state index in [1.807, 2.05) is 11.6 Å². The molecule has 0 bridgehead atoms. The lowest BCUT2D eigenvalue weighted by atomic mass is 10.0. The summed E-state index contributed by atoms with van der Waals surface area (Å²) in [6, 6.07) is 4.23. The van der Waals surface area contributed by atoms with Crippen LogP contribution in [-0.2, 0) is 25.9 Å². The molecule has 1 aliphatic rings. The van der Waals surface area contributed by atoms with Gasteiger partial charge < -0.3 is 5.32 Å². The minimum Gasteiger partial charge on any atom is -0.349 e. The van der Waals surface area contributed by atoms with Gasteiger partial charge >= 0.3 is 0 Å². The molecule has 0 fully saturated rings. The highest BCUT2D eigenvalue weighted by Gasteiger charge is 2.23. The van der Waals surface area contributed by atoms with Gasteiger partial charge in [-0.15, -0.1) is 11.3 Å². The number of fused-ring (bicyclic) bond motifs is 1. The van der Waals surface area contributed by atoms with Crippen molar-refractivity contribution in [3.63, 3.8) is 0 Å². The average Bonchev–Trinajstić information content (AvgIpc) is 3.03. The average molecular weight is 347 g/mol. The van der Waals surface area contributed by atoms with E-state index in [9.17, 15) is 9.18 Å². The number of carbonyl (C=O) groups excluding carboxylic acids is 1. The van der Waals surface area contributed by atoms with Crippen LogP contribution in [0.5, 0.6) is 0 Å². The molecule has 0 saturated carbocycles. The predicted molar refractivity (Wildman–Crippen MR) is 94.1 cm³/mol. The molecule has 3 heterocycles. The van der Waals surface area contributed by atoms with Crippen LogP contribution in [0.4, 0.5) is 4.39 Å². The molecule has 0 aromatic carbocycles. The smallest absolute Gasteiger partial charge is 0.252 e. The van der Waals surface area contributed by atoms with Gasteiger partial charge in [-0.1, -0.05) is 13.0 Å². The molecule has 0 spiro atoms. The number of carbonyl (C=O) groups is 1. The zero-order valence-corrected chi connectivity index (χ0v) is 14.7. The summed E-state index contributed by atoms with van der Waals surface area (Å²) >= 11 is 1.62. The Morgan fingerprint density at radius 3 is 3.04 bits per heavy atom. The predicted octanol–water partition coefficient (Wildman–Crippen LogP) is 2.96. The standard InChI is InChI=1S/C18H22FN3OS/c1-2-13-3-4-14(21-9-13)10-22-8-5-15-16(12-24-17(15)11-22)18(23)20-7-6-19/h3-4,9,12H,2,5-8,10-11H2,1H3,(H,20,23). The maximum atomic E-state index is 12.2. The molecule has 0 atom stereocenters. The first-order valence-electron chi connectivity index (χ1n) is 8.30. The number of pyridine rings is 1. The molecule has 2 aromatic heterocycles. The van der Waals surface area contributed by atoms with E-state index >= 15 is 0 Å². The van der Waals surface area contributed by atoms with Crippen LogP contribution in [0.15, 0.2) is 23.7 Å². The third kappa shape index (κ3) is 3.82. The maximum absolute atomic E-state index is 12.2. The fraction of sp³-hybridized carbons (Fsp3) is 0.444. The Bertz CT molecular complexity index is 699. The second-order valence-electron chi connectivity index (χ2n) is 5.97. The zero-order valence-electron chi connectivity index (χ0n) is 13.8. The molecule has 0 radical (unpaired) electrons. The summed E-state index contributed by atoms with van der Waals surface area (Å²) in [7, 11) is 0. The number of nitrogens with zero attached hydrogens (tertiary/aromatic N) is 2. The number of aromatic nitrogens is 1. The second-order valence-corrected chi connectivity index (χ2v) is 6.93. The van der Waals surface area contributed by atoms with Crippen LogP contribution in [0.2, 0.25) is 0 Å². The van der Waals surface area contributed by atoms with Crippen molar-refractivity contribution in [2.24, 2.45) is 0 Å². The Kier molecular flexibility index (Phi) is 5.58. The fourth-order valence-electron chi connectivity index (χ4n) is 2.95. The molecule has 4 nitrogen and oxygen atoms in total. The van der Waals surface area contributed by atoms with Crippen LogP contribution < -0.4 is 5.32 Å². The van der Waals surface area contributed by atoms with Crippen LogP contribution in [0.3, 0.4) is 0 Å². The van der Waals surface area contributed by atoms with E-state index in [4.69, 9.17) is 0 Å². The van der Waals surface area contributed by atoms with Crippen molar-refractivity contribution in [2.75, 3.05) is 19.8 Å². The summed E-state index contributed by atoms with van der Waals surface area (Å²) in [5.41, 5.74) is 4.17. The van der Waals surface area contributed by atoms with Crippen molar-refractivity contribution < 1.29 is 9.18 Å². The number of hydrogen-bond donors (Lipinski definition) is 1. The molecule has 1 amide bonds. The minimum atomic E-state index is -0.532. The van der Waals surface area contributed by atoms with E-state index in [0.29, 0.717) is 5.56 Å². The fourth-order valence-corrected chi connectivity index (χ4v) is 4.07. The first-order chi connectivity index (χ1) is 11.7. The number of nitrogens with one attached hydrogen (secondary N) is 1. The zero-order chi connectivity index (χ0) is 16.9. The van der Waals surface area contributed by atoms with Crippen LogP contribution >= 0.6 is 11.3 Å². The van der Waals surface area contributed by atoms with Gasteiger partial charge in [0.1, 0.15) is 6.67 Å². The number of thiophene rings is 1. The number of amides is 1. The topological polar surface area (TPSA) is 45.2 Å². The SMILES string of the molecule is CCc1ccc(CN2CCc3c(C(=O)NCCF)csc3C2)nc1. The number of hydrogen-bond acceptors (Lipinski definition) is 4. The highest BCUT2D eigenvalue weighted by Crippen LogP contribution is 2.29. The van der Waals surface area contributed by atoms with Crippen molar-refractivity contribution in [3.05, 3.63) is 51.0 Å². The summed E-state index contributed by atoms with van der Waals surface area (Å²) in [5.74, 6) is -0.157. The maximum Gasteiger partial charge on any atom is 0.252 e. The summed E-state index contributed by atoms with van der Waals surface area (Å²) in [5, 5.41) is 4.51. The molecule has 128 valence electrons. The highest BCUT2D eigenvalue weighted by atomic mass is 32.1. The monoisotopic (exact) mass is 347 g/mol. The van der Waals surface area contributed by atoms with Crippen molar-refractivity contribution in [1.82, 2.24) is 15.2 Å². The van der Waals surface area contributed by atoms with Crippen LogP contribution in [0.1, 0.15) is 39.0 Å². The number of alkyl halides is 1. The van der Waals surface area contributed by atoms with Crippen LogP contribution in [0, 0.1) is 0 Å². The summed E-state index contributed by atoms with van der Waals surface area (Å²) in [6.45, 7) is 4.24. The van der Waals surface area contributed by atoms with E-state index in [-0.39, 0.29) is 12.5 Å². The minimum absolute atomic E-state index is 0.0784.